The van der Waals surface area contributed by atoms with E-state index in [0.717, 1.165) is 42.9 Å². The predicted octanol–water partition coefficient (Wildman–Crippen LogP) is 2.94. The molecule has 8 nitrogen and oxygen atoms in total. The molecular formula is C26H37N5O3. The average Bonchev–Trinajstić information content (AvgIpc) is 3.44. The van der Waals surface area contributed by atoms with E-state index in [1.807, 2.05) is 6.07 Å². The molecular weight excluding hydrogens is 430 g/mol. The zero-order chi connectivity index (χ0) is 24.1. The van der Waals surface area contributed by atoms with Crippen LogP contribution in [0.15, 0.2) is 34.9 Å². The third-order valence-electron chi connectivity index (χ3n) is 6.93. The molecule has 34 heavy (non-hydrogen) atoms. The normalized spacial score (nSPS) is 20.9. The maximum Gasteiger partial charge on any atom is 0.317 e. The molecule has 2 aliphatic rings. The molecule has 1 aromatic carbocycles. The second-order valence-corrected chi connectivity index (χ2v) is 10.5. The van der Waals surface area contributed by atoms with Crippen LogP contribution in [0, 0.1) is 11.8 Å². The lowest BCUT2D eigenvalue weighted by molar-refractivity contribution is -0.122. The van der Waals surface area contributed by atoms with E-state index in [1.54, 1.807) is 4.90 Å². The first-order valence-electron chi connectivity index (χ1n) is 12.4. The molecule has 3 heterocycles. The summed E-state index contributed by atoms with van der Waals surface area (Å²) in [5, 5.41) is 13.6. The number of rotatable bonds is 8. The van der Waals surface area contributed by atoms with Crippen LogP contribution in [-0.2, 0) is 16.6 Å². The van der Waals surface area contributed by atoms with Crippen molar-refractivity contribution < 1.29 is 14.1 Å². The van der Waals surface area contributed by atoms with Crippen LogP contribution in [0.5, 0.6) is 0 Å². The van der Waals surface area contributed by atoms with E-state index in [0.29, 0.717) is 44.4 Å². The van der Waals surface area contributed by atoms with Gasteiger partial charge in [0.05, 0.1) is 5.69 Å². The molecule has 2 aliphatic heterocycles. The highest BCUT2D eigenvalue weighted by molar-refractivity contribution is 5.77. The molecule has 2 atom stereocenters. The van der Waals surface area contributed by atoms with Gasteiger partial charge in [-0.15, -0.1) is 0 Å². The summed E-state index contributed by atoms with van der Waals surface area (Å²) in [6.07, 6.45) is 2.24. The molecule has 3 N–H and O–H groups in total. The second kappa shape index (κ2) is 10.6. The first-order chi connectivity index (χ1) is 16.3. The van der Waals surface area contributed by atoms with E-state index in [4.69, 9.17) is 4.52 Å². The Kier molecular flexibility index (Phi) is 7.56. The van der Waals surface area contributed by atoms with Gasteiger partial charge in [0.2, 0.25) is 5.91 Å². The van der Waals surface area contributed by atoms with E-state index >= 15 is 0 Å². The summed E-state index contributed by atoms with van der Waals surface area (Å²) in [6, 6.07) is 10.4. The third-order valence-corrected chi connectivity index (χ3v) is 6.93. The lowest BCUT2D eigenvalue weighted by Gasteiger charge is -2.31. The number of hydrogen-bond acceptors (Lipinski definition) is 5. The maximum atomic E-state index is 12.6. The summed E-state index contributed by atoms with van der Waals surface area (Å²) in [5.74, 6) is 1.45. The molecule has 0 saturated carbocycles. The standard InChI is InChI=1S/C26H37N5O3/c1-26(2,3)21-6-4-18(5-7-21)23-16-22(30-34-23)14-20-17-27-9-8-19(20)15-24(32)28-10-12-31-13-11-29-25(31)33/h4-7,16,19-20,27H,8-15,17H2,1-3H3,(H,28,32)(H,29,33)/t19-,20-/m0/s1. The number of amides is 3. The summed E-state index contributed by atoms with van der Waals surface area (Å²) in [4.78, 5) is 25.9. The molecule has 4 rings (SSSR count). The summed E-state index contributed by atoms with van der Waals surface area (Å²) in [6.45, 7) is 10.8. The first-order valence-corrected chi connectivity index (χ1v) is 12.4. The van der Waals surface area contributed by atoms with Gasteiger partial charge in [0.1, 0.15) is 0 Å². The lowest BCUT2D eigenvalue weighted by atomic mass is 9.81. The van der Waals surface area contributed by atoms with Crippen LogP contribution in [0.4, 0.5) is 4.79 Å². The van der Waals surface area contributed by atoms with E-state index in [-0.39, 0.29) is 17.4 Å². The SMILES string of the molecule is CC(C)(C)c1ccc(-c2cc(C[C@H]3CNCC[C@H]3CC(=O)NCCN3CCNC3=O)no2)cc1. The zero-order valence-corrected chi connectivity index (χ0v) is 20.5. The molecule has 0 spiro atoms. The van der Waals surface area contributed by atoms with Gasteiger partial charge in [-0.1, -0.05) is 50.2 Å². The van der Waals surface area contributed by atoms with Crippen molar-refractivity contribution in [1.82, 2.24) is 26.0 Å². The zero-order valence-electron chi connectivity index (χ0n) is 20.5. The topological polar surface area (TPSA) is 99.5 Å². The average molecular weight is 468 g/mol. The fourth-order valence-electron chi connectivity index (χ4n) is 4.80. The van der Waals surface area contributed by atoms with E-state index in [2.05, 4.69) is 66.1 Å². The number of piperidine rings is 1. The van der Waals surface area contributed by atoms with Gasteiger partial charge < -0.3 is 25.4 Å². The van der Waals surface area contributed by atoms with Crippen molar-refractivity contribution >= 4 is 11.9 Å². The highest BCUT2D eigenvalue weighted by Crippen LogP contribution is 2.29. The molecule has 0 unspecified atom stereocenters. The second-order valence-electron chi connectivity index (χ2n) is 10.5. The van der Waals surface area contributed by atoms with E-state index in [9.17, 15) is 9.59 Å². The quantitative estimate of drug-likeness (QED) is 0.554. The highest BCUT2D eigenvalue weighted by atomic mass is 16.5. The Morgan fingerprint density at radius 3 is 2.71 bits per heavy atom. The van der Waals surface area contributed by atoms with Crippen LogP contribution >= 0.6 is 0 Å². The molecule has 0 aliphatic carbocycles. The van der Waals surface area contributed by atoms with Crippen molar-refractivity contribution in [2.24, 2.45) is 11.8 Å². The van der Waals surface area contributed by atoms with Gasteiger partial charge in [-0.2, -0.15) is 0 Å². The van der Waals surface area contributed by atoms with E-state index < -0.39 is 0 Å². The Balaban J connectivity index is 1.30. The third kappa shape index (κ3) is 6.17. The van der Waals surface area contributed by atoms with Crippen molar-refractivity contribution in [1.29, 1.82) is 0 Å². The Labute approximate surface area is 201 Å². The predicted molar refractivity (Wildman–Crippen MR) is 131 cm³/mol. The number of aromatic nitrogens is 1. The van der Waals surface area contributed by atoms with Crippen LogP contribution in [0.1, 0.15) is 44.9 Å². The number of nitrogens with one attached hydrogen (secondary N) is 3. The molecule has 0 bridgehead atoms. The van der Waals surface area contributed by atoms with Gasteiger partial charge in [0.25, 0.3) is 0 Å². The van der Waals surface area contributed by atoms with Gasteiger partial charge in [0, 0.05) is 44.2 Å². The Bertz CT molecular complexity index is 979. The molecule has 184 valence electrons. The number of carbonyl (C=O) groups excluding carboxylic acids is 2. The van der Waals surface area contributed by atoms with Crippen LogP contribution in [-0.4, -0.2) is 61.3 Å². The summed E-state index contributed by atoms with van der Waals surface area (Å²) in [7, 11) is 0. The van der Waals surface area contributed by atoms with Crippen molar-refractivity contribution in [3.05, 3.63) is 41.6 Å². The van der Waals surface area contributed by atoms with Crippen LogP contribution in [0.25, 0.3) is 11.3 Å². The first kappa shape index (κ1) is 24.3. The van der Waals surface area contributed by atoms with Crippen molar-refractivity contribution in [2.75, 3.05) is 39.3 Å². The van der Waals surface area contributed by atoms with Gasteiger partial charge in [-0.05, 0) is 48.7 Å². The number of nitrogens with zero attached hydrogens (tertiary/aromatic N) is 2. The van der Waals surface area contributed by atoms with Crippen molar-refractivity contribution in [3.63, 3.8) is 0 Å². The number of urea groups is 1. The minimum absolute atomic E-state index is 0.0511. The van der Waals surface area contributed by atoms with Crippen LogP contribution in [0.2, 0.25) is 0 Å². The van der Waals surface area contributed by atoms with Crippen LogP contribution in [0.3, 0.4) is 0 Å². The molecule has 1 aromatic heterocycles. The number of hydrogen-bond donors (Lipinski definition) is 3. The number of carbonyl (C=O) groups is 2. The van der Waals surface area contributed by atoms with Crippen molar-refractivity contribution in [3.8, 4) is 11.3 Å². The minimum atomic E-state index is -0.0511. The summed E-state index contributed by atoms with van der Waals surface area (Å²) in [5.41, 5.74) is 3.35. The number of benzene rings is 1. The van der Waals surface area contributed by atoms with Gasteiger partial charge in [0.15, 0.2) is 5.76 Å². The van der Waals surface area contributed by atoms with Gasteiger partial charge in [-0.25, -0.2) is 4.79 Å². The molecule has 2 aromatic rings. The minimum Gasteiger partial charge on any atom is -0.356 e. The molecule has 2 fully saturated rings. The summed E-state index contributed by atoms with van der Waals surface area (Å²) < 4.78 is 5.66. The largest absolute Gasteiger partial charge is 0.356 e. The highest BCUT2D eigenvalue weighted by Gasteiger charge is 2.28. The summed E-state index contributed by atoms with van der Waals surface area (Å²) >= 11 is 0. The van der Waals surface area contributed by atoms with Crippen molar-refractivity contribution in [2.45, 2.75) is 45.4 Å². The van der Waals surface area contributed by atoms with Gasteiger partial charge in [-0.3, -0.25) is 4.79 Å². The monoisotopic (exact) mass is 467 g/mol. The maximum absolute atomic E-state index is 12.6. The Morgan fingerprint density at radius 1 is 1.21 bits per heavy atom. The molecule has 2 saturated heterocycles. The molecule has 3 amide bonds. The fourth-order valence-corrected chi connectivity index (χ4v) is 4.80. The smallest absolute Gasteiger partial charge is 0.317 e. The molecule has 8 heteroatoms. The van der Waals surface area contributed by atoms with Crippen LogP contribution < -0.4 is 16.0 Å². The Morgan fingerprint density at radius 2 is 2.00 bits per heavy atom. The Hall–Kier alpha value is -2.87. The molecule has 0 radical (unpaired) electrons. The van der Waals surface area contributed by atoms with E-state index in [1.165, 1.54) is 5.56 Å². The van der Waals surface area contributed by atoms with Gasteiger partial charge >= 0.3 is 6.03 Å². The lowest BCUT2D eigenvalue weighted by Crippen LogP contribution is -2.41. The fraction of sp³-hybridized carbons (Fsp3) is 0.577.